The predicted molar refractivity (Wildman–Crippen MR) is 73.2 cm³/mol. The average Bonchev–Trinajstić information content (AvgIpc) is 2.81. The number of rotatable bonds is 4. The minimum Gasteiger partial charge on any atom is -0.492 e. The fourth-order valence-electron chi connectivity index (χ4n) is 1.79. The second-order valence-corrected chi connectivity index (χ2v) is 4.46. The van der Waals surface area contributed by atoms with Crippen LogP contribution >= 0.6 is 0 Å². The van der Waals surface area contributed by atoms with Crippen molar-refractivity contribution in [1.82, 2.24) is 9.78 Å². The molecule has 0 unspecified atom stereocenters. The van der Waals surface area contributed by atoms with Crippen LogP contribution in [0, 0.1) is 0 Å². The Morgan fingerprint density at radius 2 is 2.11 bits per heavy atom. The van der Waals surface area contributed by atoms with Gasteiger partial charge in [-0.15, -0.1) is 0 Å². The molecular formula is C14H19N3O. The van der Waals surface area contributed by atoms with Gasteiger partial charge < -0.3 is 10.5 Å². The monoisotopic (exact) mass is 245 g/mol. The first-order valence-electron chi connectivity index (χ1n) is 6.20. The number of hydrogen-bond donors (Lipinski definition) is 1. The summed E-state index contributed by atoms with van der Waals surface area (Å²) in [7, 11) is 0. The van der Waals surface area contributed by atoms with Gasteiger partial charge in [-0.3, -0.25) is 0 Å². The summed E-state index contributed by atoms with van der Waals surface area (Å²) in [4.78, 5) is 0. The van der Waals surface area contributed by atoms with Gasteiger partial charge in [0.1, 0.15) is 11.4 Å². The molecule has 0 radical (unpaired) electrons. The zero-order valence-electron chi connectivity index (χ0n) is 11.1. The number of benzene rings is 1. The standard InChI is InChI=1S/C14H19N3O/c1-4-18-13-7-5-6-12(14(13)15)17-9-8-11(16-17)10(2)3/h5-10H,4,15H2,1-3H3. The molecule has 0 saturated heterocycles. The molecule has 0 amide bonds. The van der Waals surface area contributed by atoms with Crippen LogP contribution in [0.2, 0.25) is 0 Å². The van der Waals surface area contributed by atoms with Crippen molar-refractivity contribution in [2.75, 3.05) is 12.3 Å². The van der Waals surface area contributed by atoms with Gasteiger partial charge in [-0.1, -0.05) is 19.9 Å². The van der Waals surface area contributed by atoms with E-state index in [-0.39, 0.29) is 0 Å². The highest BCUT2D eigenvalue weighted by Crippen LogP contribution is 2.28. The molecule has 1 aromatic heterocycles. The Morgan fingerprint density at radius 1 is 1.33 bits per heavy atom. The highest BCUT2D eigenvalue weighted by atomic mass is 16.5. The number of hydrogen-bond acceptors (Lipinski definition) is 3. The van der Waals surface area contributed by atoms with Crippen molar-refractivity contribution < 1.29 is 4.74 Å². The Labute approximate surface area is 107 Å². The lowest BCUT2D eigenvalue weighted by Gasteiger charge is -2.11. The van der Waals surface area contributed by atoms with Crippen molar-refractivity contribution >= 4 is 5.69 Å². The van der Waals surface area contributed by atoms with E-state index in [1.165, 1.54) is 0 Å². The third-order valence-electron chi connectivity index (χ3n) is 2.79. The molecular weight excluding hydrogens is 226 g/mol. The maximum atomic E-state index is 6.10. The number of nitrogens with zero attached hydrogens (tertiary/aromatic N) is 2. The Hall–Kier alpha value is -1.97. The topological polar surface area (TPSA) is 53.1 Å². The molecule has 2 rings (SSSR count). The van der Waals surface area contributed by atoms with E-state index in [0.29, 0.717) is 24.0 Å². The second kappa shape index (κ2) is 5.12. The molecule has 0 aliphatic carbocycles. The summed E-state index contributed by atoms with van der Waals surface area (Å²) >= 11 is 0. The molecule has 2 N–H and O–H groups in total. The molecule has 1 aromatic carbocycles. The van der Waals surface area contributed by atoms with Gasteiger partial charge in [0.05, 0.1) is 18.0 Å². The normalized spacial score (nSPS) is 10.9. The van der Waals surface area contributed by atoms with E-state index in [9.17, 15) is 0 Å². The summed E-state index contributed by atoms with van der Waals surface area (Å²) in [6.45, 7) is 6.78. The number of aromatic nitrogens is 2. The molecule has 1 heterocycles. The molecule has 18 heavy (non-hydrogen) atoms. The third-order valence-corrected chi connectivity index (χ3v) is 2.79. The third kappa shape index (κ3) is 2.32. The molecule has 0 bridgehead atoms. The first kappa shape index (κ1) is 12.5. The highest BCUT2D eigenvalue weighted by molar-refractivity contribution is 5.66. The van der Waals surface area contributed by atoms with E-state index in [1.807, 2.05) is 37.4 Å². The average molecular weight is 245 g/mol. The number of para-hydroxylation sites is 1. The summed E-state index contributed by atoms with van der Waals surface area (Å²) in [6, 6.07) is 7.75. The van der Waals surface area contributed by atoms with Gasteiger partial charge in [0.2, 0.25) is 0 Å². The summed E-state index contributed by atoms with van der Waals surface area (Å²) < 4.78 is 7.29. The summed E-state index contributed by atoms with van der Waals surface area (Å²) in [5.41, 5.74) is 8.63. The lowest BCUT2D eigenvalue weighted by Crippen LogP contribution is -2.04. The first-order chi connectivity index (χ1) is 8.63. The van der Waals surface area contributed by atoms with Crippen LogP contribution in [0.3, 0.4) is 0 Å². The van der Waals surface area contributed by atoms with Crippen LogP contribution in [-0.4, -0.2) is 16.4 Å². The van der Waals surface area contributed by atoms with E-state index in [2.05, 4.69) is 18.9 Å². The van der Waals surface area contributed by atoms with E-state index in [0.717, 1.165) is 11.4 Å². The first-order valence-corrected chi connectivity index (χ1v) is 6.20. The number of anilines is 1. The van der Waals surface area contributed by atoms with E-state index >= 15 is 0 Å². The van der Waals surface area contributed by atoms with Gasteiger partial charge in [0.25, 0.3) is 0 Å². The molecule has 0 aliphatic heterocycles. The van der Waals surface area contributed by atoms with Crippen molar-refractivity contribution in [1.29, 1.82) is 0 Å². The number of nitrogens with two attached hydrogens (primary N) is 1. The van der Waals surface area contributed by atoms with Crippen molar-refractivity contribution in [3.8, 4) is 11.4 Å². The van der Waals surface area contributed by atoms with Crippen LogP contribution in [0.4, 0.5) is 5.69 Å². The summed E-state index contributed by atoms with van der Waals surface area (Å²) in [5.74, 6) is 1.11. The molecule has 4 nitrogen and oxygen atoms in total. The number of ether oxygens (including phenoxy) is 1. The fraction of sp³-hybridized carbons (Fsp3) is 0.357. The van der Waals surface area contributed by atoms with Crippen LogP contribution in [-0.2, 0) is 0 Å². The van der Waals surface area contributed by atoms with Crippen LogP contribution < -0.4 is 10.5 Å². The van der Waals surface area contributed by atoms with Crippen molar-refractivity contribution in [2.24, 2.45) is 0 Å². The largest absolute Gasteiger partial charge is 0.492 e. The highest BCUT2D eigenvalue weighted by Gasteiger charge is 2.10. The molecule has 0 fully saturated rings. The zero-order chi connectivity index (χ0) is 13.1. The van der Waals surface area contributed by atoms with Crippen LogP contribution in [0.1, 0.15) is 32.4 Å². The van der Waals surface area contributed by atoms with E-state index in [1.54, 1.807) is 4.68 Å². The fourth-order valence-corrected chi connectivity index (χ4v) is 1.79. The van der Waals surface area contributed by atoms with Gasteiger partial charge in [-0.2, -0.15) is 5.10 Å². The quantitative estimate of drug-likeness (QED) is 0.842. The van der Waals surface area contributed by atoms with Gasteiger partial charge >= 0.3 is 0 Å². The minimum absolute atomic E-state index is 0.405. The molecule has 2 aromatic rings. The lowest BCUT2D eigenvalue weighted by molar-refractivity contribution is 0.342. The van der Waals surface area contributed by atoms with E-state index in [4.69, 9.17) is 10.5 Å². The lowest BCUT2D eigenvalue weighted by atomic mass is 10.1. The maximum Gasteiger partial charge on any atom is 0.144 e. The molecule has 0 saturated carbocycles. The minimum atomic E-state index is 0.405. The van der Waals surface area contributed by atoms with Crippen molar-refractivity contribution in [3.05, 3.63) is 36.2 Å². The van der Waals surface area contributed by atoms with E-state index < -0.39 is 0 Å². The van der Waals surface area contributed by atoms with Crippen LogP contribution in [0.15, 0.2) is 30.5 Å². The Balaban J connectivity index is 2.40. The van der Waals surface area contributed by atoms with Crippen molar-refractivity contribution in [2.45, 2.75) is 26.7 Å². The molecule has 96 valence electrons. The van der Waals surface area contributed by atoms with Gasteiger partial charge in [0.15, 0.2) is 0 Å². The zero-order valence-corrected chi connectivity index (χ0v) is 11.1. The Morgan fingerprint density at radius 3 is 2.72 bits per heavy atom. The summed E-state index contributed by atoms with van der Waals surface area (Å²) in [5, 5.41) is 4.52. The van der Waals surface area contributed by atoms with Gasteiger partial charge in [0, 0.05) is 6.20 Å². The van der Waals surface area contributed by atoms with Crippen LogP contribution in [0.25, 0.3) is 5.69 Å². The summed E-state index contributed by atoms with van der Waals surface area (Å²) in [6.07, 6.45) is 1.93. The SMILES string of the molecule is CCOc1cccc(-n2ccc(C(C)C)n2)c1N. The Kier molecular flexibility index (Phi) is 3.55. The molecule has 0 aliphatic rings. The van der Waals surface area contributed by atoms with Crippen molar-refractivity contribution in [3.63, 3.8) is 0 Å². The van der Waals surface area contributed by atoms with Crippen LogP contribution in [0.5, 0.6) is 5.75 Å². The smallest absolute Gasteiger partial charge is 0.144 e. The second-order valence-electron chi connectivity index (χ2n) is 4.46. The Bertz CT molecular complexity index is 532. The maximum absolute atomic E-state index is 6.10. The predicted octanol–water partition coefficient (Wildman–Crippen LogP) is 2.98. The molecule has 0 spiro atoms. The van der Waals surface area contributed by atoms with Gasteiger partial charge in [-0.25, -0.2) is 4.68 Å². The molecule has 0 atom stereocenters. The molecule has 4 heteroatoms. The number of nitrogen functional groups attached to an aromatic ring is 1. The van der Waals surface area contributed by atoms with Gasteiger partial charge in [-0.05, 0) is 31.0 Å².